The van der Waals surface area contributed by atoms with Crippen molar-refractivity contribution >= 4 is 29.9 Å². The van der Waals surface area contributed by atoms with E-state index in [0.29, 0.717) is 17.7 Å². The first-order valence-electron chi connectivity index (χ1n) is 9.86. The van der Waals surface area contributed by atoms with E-state index in [1.165, 1.54) is 0 Å². The highest BCUT2D eigenvalue weighted by Gasteiger charge is 2.31. The molecule has 0 aliphatic carbocycles. The molecule has 0 heterocycles. The zero-order chi connectivity index (χ0) is 21.0. The summed E-state index contributed by atoms with van der Waals surface area (Å²) < 4.78 is 1.05. The number of carbonyl (C=O) groups is 1. The van der Waals surface area contributed by atoms with Crippen molar-refractivity contribution in [2.45, 2.75) is 32.8 Å². The van der Waals surface area contributed by atoms with Gasteiger partial charge in [-0.3, -0.25) is 0 Å². The SMILES string of the molecule is CC[N+](CC)(CC)CCO.I.O=C([O-])CC(O)(c1ccccc1)c1ccccc1. The topological polar surface area (TPSA) is 80.6 Å². The molecule has 5 nitrogen and oxygen atoms in total. The molecule has 0 atom stereocenters. The number of aliphatic carboxylic acids is 1. The van der Waals surface area contributed by atoms with Gasteiger partial charge in [-0.2, -0.15) is 0 Å². The molecule has 2 aromatic carbocycles. The Morgan fingerprint density at radius 3 is 1.52 bits per heavy atom. The molecule has 0 radical (unpaired) electrons. The Bertz CT molecular complexity index is 643. The lowest BCUT2D eigenvalue weighted by atomic mass is 9.84. The Morgan fingerprint density at radius 1 is 0.897 bits per heavy atom. The summed E-state index contributed by atoms with van der Waals surface area (Å²) >= 11 is 0. The van der Waals surface area contributed by atoms with Gasteiger partial charge in [-0.15, -0.1) is 24.0 Å². The number of hydrogen-bond acceptors (Lipinski definition) is 4. The summed E-state index contributed by atoms with van der Waals surface area (Å²) in [4.78, 5) is 10.9. The van der Waals surface area contributed by atoms with Crippen molar-refractivity contribution < 1.29 is 24.6 Å². The molecule has 6 heteroatoms. The normalized spacial score (nSPS) is 11.1. The molecule has 0 saturated heterocycles. The second-order valence-electron chi connectivity index (χ2n) is 6.88. The monoisotopic (exact) mass is 515 g/mol. The van der Waals surface area contributed by atoms with Crippen molar-refractivity contribution in [2.24, 2.45) is 0 Å². The van der Waals surface area contributed by atoms with Crippen LogP contribution in [-0.2, 0) is 10.4 Å². The summed E-state index contributed by atoms with van der Waals surface area (Å²) in [5.74, 6) is -1.29. The minimum atomic E-state index is -1.55. The van der Waals surface area contributed by atoms with Gasteiger partial charge < -0.3 is 24.6 Å². The van der Waals surface area contributed by atoms with Gasteiger partial charge in [-0.25, -0.2) is 0 Å². The van der Waals surface area contributed by atoms with Crippen molar-refractivity contribution in [3.8, 4) is 0 Å². The van der Waals surface area contributed by atoms with Crippen molar-refractivity contribution in [1.82, 2.24) is 0 Å². The Labute approximate surface area is 191 Å². The molecule has 0 aromatic heterocycles. The Hall–Kier alpha value is -1.48. The second-order valence-corrected chi connectivity index (χ2v) is 6.88. The highest BCUT2D eigenvalue weighted by Crippen LogP contribution is 2.32. The van der Waals surface area contributed by atoms with Crippen LogP contribution in [0.5, 0.6) is 0 Å². The molecule has 0 amide bonds. The van der Waals surface area contributed by atoms with E-state index in [1.54, 1.807) is 48.5 Å². The summed E-state index contributed by atoms with van der Waals surface area (Å²) in [6.45, 7) is 11.2. The van der Waals surface area contributed by atoms with Crippen LogP contribution in [0.25, 0.3) is 0 Å². The van der Waals surface area contributed by atoms with E-state index in [2.05, 4.69) is 20.8 Å². The third-order valence-corrected chi connectivity index (χ3v) is 5.49. The number of carbonyl (C=O) groups excluding carboxylic acids is 1. The zero-order valence-electron chi connectivity index (χ0n) is 17.6. The number of carboxylic acids is 1. The van der Waals surface area contributed by atoms with Gasteiger partial charge in [0.25, 0.3) is 0 Å². The van der Waals surface area contributed by atoms with Gasteiger partial charge in [-0.1, -0.05) is 60.7 Å². The summed E-state index contributed by atoms with van der Waals surface area (Å²) in [5.41, 5.74) is -0.470. The second kappa shape index (κ2) is 13.7. The minimum Gasteiger partial charge on any atom is -0.550 e. The number of likely N-dealkylation sites (N-methyl/N-ethyl adjacent to an activating group) is 1. The van der Waals surface area contributed by atoms with Crippen LogP contribution in [0, 0.1) is 0 Å². The molecular formula is C23H34INO4. The van der Waals surface area contributed by atoms with Crippen molar-refractivity contribution in [3.05, 3.63) is 71.8 Å². The van der Waals surface area contributed by atoms with Gasteiger partial charge in [-0.05, 0) is 31.9 Å². The number of benzene rings is 2. The fourth-order valence-corrected chi connectivity index (χ4v) is 3.36. The maximum absolute atomic E-state index is 10.9. The predicted octanol–water partition coefficient (Wildman–Crippen LogP) is 2.54. The van der Waals surface area contributed by atoms with Crippen LogP contribution in [0.2, 0.25) is 0 Å². The first-order valence-corrected chi connectivity index (χ1v) is 9.86. The number of hydrogen-bond donors (Lipinski definition) is 2. The average Bonchev–Trinajstić information content (AvgIpc) is 2.73. The number of rotatable bonds is 9. The van der Waals surface area contributed by atoms with Crippen LogP contribution in [0.15, 0.2) is 60.7 Å². The molecule has 0 saturated carbocycles. The number of quaternary nitrogens is 1. The van der Waals surface area contributed by atoms with Gasteiger partial charge >= 0.3 is 0 Å². The van der Waals surface area contributed by atoms with E-state index in [4.69, 9.17) is 5.11 Å². The smallest absolute Gasteiger partial charge is 0.120 e. The maximum atomic E-state index is 10.9. The molecule has 2 N–H and O–H groups in total. The quantitative estimate of drug-likeness (QED) is 0.398. The molecule has 0 fully saturated rings. The van der Waals surface area contributed by atoms with Crippen LogP contribution in [-0.4, -0.2) is 53.5 Å². The predicted molar refractivity (Wildman–Crippen MR) is 125 cm³/mol. The molecule has 29 heavy (non-hydrogen) atoms. The number of aliphatic hydroxyl groups excluding tert-OH is 1. The zero-order valence-corrected chi connectivity index (χ0v) is 19.9. The Kier molecular flexibility index (Phi) is 13.0. The molecule has 0 spiro atoms. The molecule has 0 unspecified atom stereocenters. The van der Waals surface area contributed by atoms with E-state index >= 15 is 0 Å². The average molecular weight is 515 g/mol. The summed E-state index contributed by atoms with van der Waals surface area (Å²) in [6, 6.07) is 17.5. The lowest BCUT2D eigenvalue weighted by Gasteiger charge is -2.34. The van der Waals surface area contributed by atoms with E-state index in [1.807, 2.05) is 12.1 Å². The largest absolute Gasteiger partial charge is 0.550 e. The van der Waals surface area contributed by atoms with Crippen molar-refractivity contribution in [1.29, 1.82) is 0 Å². The van der Waals surface area contributed by atoms with Crippen LogP contribution >= 0.6 is 24.0 Å². The summed E-state index contributed by atoms with van der Waals surface area (Å²) in [7, 11) is 0. The maximum Gasteiger partial charge on any atom is 0.120 e. The molecule has 0 bridgehead atoms. The standard InChI is InChI=1S/C15H14O3.C8H20NO.HI/c16-14(17)11-15(18,12-7-3-1-4-8-12)13-9-5-2-6-10-13;1-4-9(5-2,6-3)7-8-10;/h1-10,18H,11H2,(H,16,17);10H,4-8H2,1-3H3;1H/q;+1;/p-1. The van der Waals surface area contributed by atoms with Gasteiger partial charge in [0, 0.05) is 12.4 Å². The van der Waals surface area contributed by atoms with Crippen molar-refractivity contribution in [2.75, 3.05) is 32.8 Å². The number of aliphatic hydroxyl groups is 2. The fourth-order valence-electron chi connectivity index (χ4n) is 3.36. The highest BCUT2D eigenvalue weighted by atomic mass is 127. The van der Waals surface area contributed by atoms with Gasteiger partial charge in [0.05, 0.1) is 26.2 Å². The first-order chi connectivity index (χ1) is 13.4. The number of halogens is 1. The van der Waals surface area contributed by atoms with Crippen LogP contribution in [0.3, 0.4) is 0 Å². The van der Waals surface area contributed by atoms with Gasteiger partial charge in [0.2, 0.25) is 0 Å². The summed E-state index contributed by atoms with van der Waals surface area (Å²) in [5, 5.41) is 30.4. The highest BCUT2D eigenvalue weighted by molar-refractivity contribution is 14.0. The van der Waals surface area contributed by atoms with E-state index in [9.17, 15) is 15.0 Å². The first kappa shape index (κ1) is 27.5. The van der Waals surface area contributed by atoms with Crippen LogP contribution in [0.4, 0.5) is 0 Å². The third-order valence-electron chi connectivity index (χ3n) is 5.49. The molecule has 0 aliphatic heterocycles. The molecule has 162 valence electrons. The van der Waals surface area contributed by atoms with Crippen LogP contribution < -0.4 is 5.11 Å². The molecule has 2 aromatic rings. The van der Waals surface area contributed by atoms with E-state index in [0.717, 1.165) is 30.7 Å². The Morgan fingerprint density at radius 2 is 1.28 bits per heavy atom. The fraction of sp³-hybridized carbons (Fsp3) is 0.435. The minimum absolute atomic E-state index is 0. The third kappa shape index (κ3) is 8.04. The van der Waals surface area contributed by atoms with Gasteiger partial charge in [0.15, 0.2) is 0 Å². The van der Waals surface area contributed by atoms with E-state index < -0.39 is 18.0 Å². The number of nitrogens with zero attached hydrogens (tertiary/aromatic N) is 1. The molecular weight excluding hydrogens is 481 g/mol. The summed E-state index contributed by atoms with van der Waals surface area (Å²) in [6.07, 6.45) is -0.471. The lowest BCUT2D eigenvalue weighted by Crippen LogP contribution is -2.49. The number of carboxylic acid groups (broad SMARTS) is 1. The van der Waals surface area contributed by atoms with Crippen LogP contribution in [0.1, 0.15) is 38.3 Å². The van der Waals surface area contributed by atoms with Gasteiger partial charge in [0.1, 0.15) is 12.1 Å². The Balaban J connectivity index is 0.000000616. The molecule has 2 rings (SSSR count). The van der Waals surface area contributed by atoms with E-state index in [-0.39, 0.29) is 24.0 Å². The lowest BCUT2D eigenvalue weighted by molar-refractivity contribution is -0.923. The van der Waals surface area contributed by atoms with Crippen molar-refractivity contribution in [3.63, 3.8) is 0 Å². The molecule has 0 aliphatic rings.